The molecule has 120 valence electrons. The number of nitrogens with one attached hydrogen (secondary N) is 1. The lowest BCUT2D eigenvalue weighted by molar-refractivity contribution is 0.0932. The van der Waals surface area contributed by atoms with E-state index in [4.69, 9.17) is 0 Å². The summed E-state index contributed by atoms with van der Waals surface area (Å²) >= 11 is 1.61. The Bertz CT molecular complexity index is 674. The monoisotopic (exact) mass is 326 g/mol. The van der Waals surface area contributed by atoms with Gasteiger partial charge in [-0.05, 0) is 31.0 Å². The average molecular weight is 326 g/mol. The second kappa shape index (κ2) is 7.20. The number of likely N-dealkylation sites (tertiary alicyclic amines) is 1. The number of carbonyl (C=O) groups excluding carboxylic acids is 1. The van der Waals surface area contributed by atoms with Gasteiger partial charge in [-0.2, -0.15) is 0 Å². The first-order valence-corrected chi connectivity index (χ1v) is 9.09. The summed E-state index contributed by atoms with van der Waals surface area (Å²) in [6.07, 6.45) is 2.00. The summed E-state index contributed by atoms with van der Waals surface area (Å²) < 4.78 is 0. The highest BCUT2D eigenvalue weighted by Gasteiger charge is 2.33. The fraction of sp³-hybridized carbons (Fsp3) is 0.316. The molecule has 1 aliphatic rings. The molecule has 4 heteroatoms. The van der Waals surface area contributed by atoms with Crippen LogP contribution in [0.15, 0.2) is 59.5 Å². The minimum atomic E-state index is 0.0242. The fourth-order valence-corrected chi connectivity index (χ4v) is 3.86. The van der Waals surface area contributed by atoms with E-state index in [9.17, 15) is 4.79 Å². The van der Waals surface area contributed by atoms with Crippen LogP contribution >= 0.6 is 11.8 Å². The molecular formula is C19H22N2OS. The van der Waals surface area contributed by atoms with Gasteiger partial charge in [0.25, 0.3) is 5.91 Å². The van der Waals surface area contributed by atoms with Gasteiger partial charge in [-0.3, -0.25) is 4.79 Å². The molecule has 0 bridgehead atoms. The van der Waals surface area contributed by atoms with E-state index in [2.05, 4.69) is 41.5 Å². The summed E-state index contributed by atoms with van der Waals surface area (Å²) in [5.74, 6) is 0.364. The van der Waals surface area contributed by atoms with Crippen LogP contribution < -0.4 is 5.32 Å². The normalized spacial score (nSPS) is 21.3. The van der Waals surface area contributed by atoms with E-state index in [1.54, 1.807) is 11.8 Å². The maximum absolute atomic E-state index is 12.7. The zero-order valence-electron chi connectivity index (χ0n) is 13.5. The minimum Gasteiger partial charge on any atom is -0.347 e. The molecule has 1 N–H and O–H groups in total. The standard InChI is InChI=1S/C19H22N2OS/c1-21-12-16(14-8-4-3-5-9-14)17(13-21)20-19(22)15-10-6-7-11-18(15)23-2/h3-11,16-17H,12-13H2,1-2H3,(H,20,22)/t16-,17-/m0/s1. The molecule has 3 nitrogen and oxygen atoms in total. The lowest BCUT2D eigenvalue weighted by atomic mass is 9.94. The highest BCUT2D eigenvalue weighted by Crippen LogP contribution is 2.27. The molecule has 0 spiro atoms. The number of amides is 1. The van der Waals surface area contributed by atoms with Gasteiger partial charge in [0.15, 0.2) is 0 Å². The predicted octanol–water partition coefficient (Wildman–Crippen LogP) is 3.24. The number of rotatable bonds is 4. The summed E-state index contributed by atoms with van der Waals surface area (Å²) in [6, 6.07) is 18.4. The first-order chi connectivity index (χ1) is 11.2. The molecule has 2 aromatic carbocycles. The summed E-state index contributed by atoms with van der Waals surface area (Å²) in [6.45, 7) is 1.85. The van der Waals surface area contributed by atoms with Crippen molar-refractivity contribution in [2.45, 2.75) is 16.9 Å². The average Bonchev–Trinajstić information content (AvgIpc) is 2.96. The summed E-state index contributed by atoms with van der Waals surface area (Å²) in [5, 5.41) is 3.25. The summed E-state index contributed by atoms with van der Waals surface area (Å²) in [5.41, 5.74) is 2.06. The van der Waals surface area contributed by atoms with Crippen molar-refractivity contribution < 1.29 is 4.79 Å². The van der Waals surface area contributed by atoms with Crippen molar-refractivity contribution in [2.75, 3.05) is 26.4 Å². The largest absolute Gasteiger partial charge is 0.347 e. The first kappa shape index (κ1) is 16.1. The van der Waals surface area contributed by atoms with Crippen molar-refractivity contribution in [3.63, 3.8) is 0 Å². The Kier molecular flexibility index (Phi) is 5.03. The molecule has 1 amide bonds. The maximum atomic E-state index is 12.7. The van der Waals surface area contributed by atoms with Gasteiger partial charge < -0.3 is 10.2 Å². The van der Waals surface area contributed by atoms with E-state index >= 15 is 0 Å². The SMILES string of the molecule is CSc1ccccc1C(=O)N[C@H]1CN(C)C[C@H]1c1ccccc1. The summed E-state index contributed by atoms with van der Waals surface area (Å²) in [4.78, 5) is 16.0. The third-order valence-electron chi connectivity index (χ3n) is 4.40. The van der Waals surface area contributed by atoms with Gasteiger partial charge in [0.1, 0.15) is 0 Å². The van der Waals surface area contributed by atoms with Gasteiger partial charge in [-0.25, -0.2) is 0 Å². The van der Waals surface area contributed by atoms with Crippen LogP contribution in [0.25, 0.3) is 0 Å². The molecule has 23 heavy (non-hydrogen) atoms. The molecule has 1 saturated heterocycles. The molecule has 1 heterocycles. The highest BCUT2D eigenvalue weighted by atomic mass is 32.2. The van der Waals surface area contributed by atoms with E-state index < -0.39 is 0 Å². The van der Waals surface area contributed by atoms with Crippen LogP contribution in [0.1, 0.15) is 21.8 Å². The topological polar surface area (TPSA) is 32.3 Å². The van der Waals surface area contributed by atoms with Crippen LogP contribution in [0.4, 0.5) is 0 Å². The maximum Gasteiger partial charge on any atom is 0.252 e. The number of benzene rings is 2. The van der Waals surface area contributed by atoms with Gasteiger partial charge in [0.05, 0.1) is 5.56 Å². The Balaban J connectivity index is 1.79. The molecule has 0 aliphatic carbocycles. The Hall–Kier alpha value is -1.78. The minimum absolute atomic E-state index is 0.0242. The van der Waals surface area contributed by atoms with Gasteiger partial charge in [-0.15, -0.1) is 11.8 Å². The molecular weight excluding hydrogens is 304 g/mol. The zero-order chi connectivity index (χ0) is 16.2. The van der Waals surface area contributed by atoms with E-state index in [1.807, 2.05) is 36.6 Å². The van der Waals surface area contributed by atoms with E-state index in [0.717, 1.165) is 23.5 Å². The van der Waals surface area contributed by atoms with E-state index in [0.29, 0.717) is 5.92 Å². The van der Waals surface area contributed by atoms with Crippen LogP contribution in [0, 0.1) is 0 Å². The van der Waals surface area contributed by atoms with Crippen LogP contribution in [-0.4, -0.2) is 43.2 Å². The van der Waals surface area contributed by atoms with Crippen LogP contribution in [0.2, 0.25) is 0 Å². The third kappa shape index (κ3) is 3.59. The van der Waals surface area contributed by atoms with Crippen molar-refractivity contribution in [2.24, 2.45) is 0 Å². The lowest BCUT2D eigenvalue weighted by Gasteiger charge is -2.21. The Morgan fingerprint density at radius 3 is 2.52 bits per heavy atom. The van der Waals surface area contributed by atoms with Gasteiger partial charge >= 0.3 is 0 Å². The molecule has 0 radical (unpaired) electrons. The van der Waals surface area contributed by atoms with Crippen molar-refractivity contribution in [1.82, 2.24) is 10.2 Å². The quantitative estimate of drug-likeness (QED) is 0.876. The molecule has 0 unspecified atom stereocenters. The Morgan fingerprint density at radius 2 is 1.78 bits per heavy atom. The van der Waals surface area contributed by atoms with Gasteiger partial charge in [0, 0.05) is 29.9 Å². The first-order valence-electron chi connectivity index (χ1n) is 7.86. The van der Waals surface area contributed by atoms with Gasteiger partial charge in [0.2, 0.25) is 0 Å². The second-order valence-electron chi connectivity index (χ2n) is 6.02. The Labute approximate surface area is 142 Å². The van der Waals surface area contributed by atoms with Crippen LogP contribution in [0.5, 0.6) is 0 Å². The predicted molar refractivity (Wildman–Crippen MR) is 96.2 cm³/mol. The molecule has 1 aliphatic heterocycles. The zero-order valence-corrected chi connectivity index (χ0v) is 14.3. The molecule has 2 atom stereocenters. The van der Waals surface area contributed by atoms with Crippen molar-refractivity contribution in [3.05, 3.63) is 65.7 Å². The van der Waals surface area contributed by atoms with Gasteiger partial charge in [-0.1, -0.05) is 42.5 Å². The van der Waals surface area contributed by atoms with Crippen molar-refractivity contribution in [1.29, 1.82) is 0 Å². The Morgan fingerprint density at radius 1 is 1.09 bits per heavy atom. The summed E-state index contributed by atoms with van der Waals surface area (Å²) in [7, 11) is 2.11. The van der Waals surface area contributed by atoms with Crippen LogP contribution in [-0.2, 0) is 0 Å². The third-order valence-corrected chi connectivity index (χ3v) is 5.19. The molecule has 0 saturated carbocycles. The van der Waals surface area contributed by atoms with Crippen molar-refractivity contribution >= 4 is 17.7 Å². The number of likely N-dealkylation sites (N-methyl/N-ethyl adjacent to an activating group) is 1. The number of carbonyl (C=O) groups is 1. The van der Waals surface area contributed by atoms with E-state index in [1.165, 1.54) is 5.56 Å². The van der Waals surface area contributed by atoms with Crippen molar-refractivity contribution in [3.8, 4) is 0 Å². The molecule has 1 fully saturated rings. The lowest BCUT2D eigenvalue weighted by Crippen LogP contribution is -2.39. The molecule has 0 aromatic heterocycles. The number of nitrogens with zero attached hydrogens (tertiary/aromatic N) is 1. The van der Waals surface area contributed by atoms with E-state index in [-0.39, 0.29) is 11.9 Å². The fourth-order valence-electron chi connectivity index (χ4n) is 3.26. The second-order valence-corrected chi connectivity index (χ2v) is 6.87. The number of hydrogen-bond acceptors (Lipinski definition) is 3. The number of thioether (sulfide) groups is 1. The number of hydrogen-bond donors (Lipinski definition) is 1. The molecule has 2 aromatic rings. The molecule has 3 rings (SSSR count). The van der Waals surface area contributed by atoms with Crippen LogP contribution in [0.3, 0.4) is 0 Å². The highest BCUT2D eigenvalue weighted by molar-refractivity contribution is 7.98. The smallest absolute Gasteiger partial charge is 0.252 e.